The van der Waals surface area contributed by atoms with Crippen molar-refractivity contribution in [3.63, 3.8) is 0 Å². The molecule has 3 heteroatoms. The Labute approximate surface area is 125 Å². The first-order valence-electron chi connectivity index (χ1n) is 6.91. The number of hydrogen-bond acceptors (Lipinski definition) is 2. The molecule has 0 saturated carbocycles. The SMILES string of the molecule is CCCOc1ccc(NCc2cccc(C)c2)cc1Cl. The fourth-order valence-electron chi connectivity index (χ4n) is 1.97. The Bertz CT molecular complexity index is 569. The number of hydrogen-bond donors (Lipinski definition) is 1. The van der Waals surface area contributed by atoms with E-state index in [9.17, 15) is 0 Å². The lowest BCUT2D eigenvalue weighted by Gasteiger charge is -2.11. The van der Waals surface area contributed by atoms with Gasteiger partial charge in [0.25, 0.3) is 0 Å². The molecule has 1 N–H and O–H groups in total. The van der Waals surface area contributed by atoms with Gasteiger partial charge in [-0.1, -0.05) is 48.4 Å². The summed E-state index contributed by atoms with van der Waals surface area (Å²) in [4.78, 5) is 0. The average Bonchev–Trinajstić information content (AvgIpc) is 2.44. The van der Waals surface area contributed by atoms with Gasteiger partial charge in [0.05, 0.1) is 11.6 Å². The van der Waals surface area contributed by atoms with Crippen LogP contribution in [0.15, 0.2) is 42.5 Å². The molecule has 0 radical (unpaired) electrons. The number of rotatable bonds is 6. The van der Waals surface area contributed by atoms with Crippen molar-refractivity contribution in [1.82, 2.24) is 0 Å². The Morgan fingerprint density at radius 2 is 2.00 bits per heavy atom. The summed E-state index contributed by atoms with van der Waals surface area (Å²) < 4.78 is 5.56. The van der Waals surface area contributed by atoms with Crippen LogP contribution in [0.1, 0.15) is 24.5 Å². The third-order valence-corrected chi connectivity index (χ3v) is 3.27. The molecule has 0 amide bonds. The Hall–Kier alpha value is -1.67. The van der Waals surface area contributed by atoms with E-state index in [2.05, 4.69) is 43.4 Å². The second-order valence-corrected chi connectivity index (χ2v) is 5.24. The maximum Gasteiger partial charge on any atom is 0.138 e. The van der Waals surface area contributed by atoms with E-state index in [4.69, 9.17) is 16.3 Å². The van der Waals surface area contributed by atoms with Gasteiger partial charge in [0, 0.05) is 12.2 Å². The number of anilines is 1. The number of benzene rings is 2. The molecule has 0 fully saturated rings. The first kappa shape index (κ1) is 14.7. The van der Waals surface area contributed by atoms with Gasteiger partial charge in [0.2, 0.25) is 0 Å². The molecule has 0 aliphatic heterocycles. The predicted octanol–water partition coefficient (Wildman–Crippen LogP) is 5.05. The van der Waals surface area contributed by atoms with Crippen molar-refractivity contribution < 1.29 is 4.74 Å². The van der Waals surface area contributed by atoms with Crippen LogP contribution >= 0.6 is 11.6 Å². The number of ether oxygens (including phenoxy) is 1. The van der Waals surface area contributed by atoms with Gasteiger partial charge in [-0.3, -0.25) is 0 Å². The number of halogens is 1. The van der Waals surface area contributed by atoms with Crippen molar-refractivity contribution in [3.05, 3.63) is 58.6 Å². The quantitative estimate of drug-likeness (QED) is 0.803. The standard InChI is InChI=1S/C17H20ClNO/c1-3-9-20-17-8-7-15(11-16(17)18)19-12-14-6-4-5-13(2)10-14/h4-8,10-11,19H,3,9,12H2,1-2H3. The lowest BCUT2D eigenvalue weighted by atomic mass is 10.1. The molecule has 2 aromatic carbocycles. The summed E-state index contributed by atoms with van der Waals surface area (Å²) in [6, 6.07) is 14.3. The smallest absolute Gasteiger partial charge is 0.138 e. The maximum atomic E-state index is 6.21. The number of nitrogens with one attached hydrogen (secondary N) is 1. The summed E-state index contributed by atoms with van der Waals surface area (Å²) in [5.41, 5.74) is 3.53. The number of aryl methyl sites for hydroxylation is 1. The van der Waals surface area contributed by atoms with E-state index in [1.165, 1.54) is 11.1 Å². The first-order chi connectivity index (χ1) is 9.69. The Morgan fingerprint density at radius 3 is 2.70 bits per heavy atom. The topological polar surface area (TPSA) is 21.3 Å². The van der Waals surface area contributed by atoms with Crippen molar-refractivity contribution in [2.75, 3.05) is 11.9 Å². The van der Waals surface area contributed by atoms with E-state index in [1.54, 1.807) is 0 Å². The van der Waals surface area contributed by atoms with Crippen LogP contribution in [0.25, 0.3) is 0 Å². The zero-order valence-corrected chi connectivity index (χ0v) is 12.7. The van der Waals surface area contributed by atoms with Gasteiger partial charge in [0.1, 0.15) is 5.75 Å². The predicted molar refractivity (Wildman–Crippen MR) is 85.7 cm³/mol. The minimum atomic E-state index is 0.646. The molecule has 0 saturated heterocycles. The molecule has 20 heavy (non-hydrogen) atoms. The highest BCUT2D eigenvalue weighted by molar-refractivity contribution is 6.32. The summed E-state index contributed by atoms with van der Waals surface area (Å²) >= 11 is 6.21. The van der Waals surface area contributed by atoms with Crippen LogP contribution in [0.2, 0.25) is 5.02 Å². The molecule has 0 bridgehead atoms. The van der Waals surface area contributed by atoms with Gasteiger partial charge < -0.3 is 10.1 Å². The van der Waals surface area contributed by atoms with E-state index in [1.807, 2.05) is 18.2 Å². The zero-order valence-electron chi connectivity index (χ0n) is 11.9. The molecular weight excluding hydrogens is 270 g/mol. The van der Waals surface area contributed by atoms with Gasteiger partial charge >= 0.3 is 0 Å². The molecule has 0 unspecified atom stereocenters. The molecule has 0 aliphatic carbocycles. The third-order valence-electron chi connectivity index (χ3n) is 2.97. The van der Waals surface area contributed by atoms with Crippen LogP contribution in [-0.2, 0) is 6.54 Å². The van der Waals surface area contributed by atoms with Crippen LogP contribution in [0, 0.1) is 6.92 Å². The van der Waals surface area contributed by atoms with Gasteiger partial charge in [-0.15, -0.1) is 0 Å². The van der Waals surface area contributed by atoms with Crippen LogP contribution in [0.3, 0.4) is 0 Å². The molecule has 2 rings (SSSR count). The van der Waals surface area contributed by atoms with Crippen LogP contribution in [-0.4, -0.2) is 6.61 Å². The summed E-state index contributed by atoms with van der Waals surface area (Å²) in [7, 11) is 0. The largest absolute Gasteiger partial charge is 0.492 e. The van der Waals surface area contributed by atoms with Gasteiger partial charge in [0.15, 0.2) is 0 Å². The first-order valence-corrected chi connectivity index (χ1v) is 7.28. The van der Waals surface area contributed by atoms with Crippen molar-refractivity contribution in [2.24, 2.45) is 0 Å². The molecule has 0 spiro atoms. The van der Waals surface area contributed by atoms with Crippen LogP contribution in [0.4, 0.5) is 5.69 Å². The summed E-state index contributed by atoms with van der Waals surface area (Å²) in [5.74, 6) is 0.745. The maximum absolute atomic E-state index is 6.21. The average molecular weight is 290 g/mol. The Kier molecular flexibility index (Phi) is 5.31. The molecule has 0 heterocycles. The molecule has 2 nitrogen and oxygen atoms in total. The molecule has 0 aromatic heterocycles. The third kappa shape index (κ3) is 4.17. The lowest BCUT2D eigenvalue weighted by molar-refractivity contribution is 0.317. The fraction of sp³-hybridized carbons (Fsp3) is 0.294. The highest BCUT2D eigenvalue weighted by Crippen LogP contribution is 2.28. The zero-order chi connectivity index (χ0) is 14.4. The Morgan fingerprint density at radius 1 is 1.15 bits per heavy atom. The Balaban J connectivity index is 1.98. The van der Waals surface area contributed by atoms with Crippen molar-refractivity contribution in [3.8, 4) is 5.75 Å². The van der Waals surface area contributed by atoms with Gasteiger partial charge in [-0.2, -0.15) is 0 Å². The summed E-state index contributed by atoms with van der Waals surface area (Å²) in [6.45, 7) is 5.65. The molecular formula is C17H20ClNO. The van der Waals surface area contributed by atoms with Crippen molar-refractivity contribution in [1.29, 1.82) is 0 Å². The second kappa shape index (κ2) is 7.20. The summed E-state index contributed by atoms with van der Waals surface area (Å²) in [5, 5.41) is 4.02. The van der Waals surface area contributed by atoms with Gasteiger partial charge in [-0.05, 0) is 37.1 Å². The second-order valence-electron chi connectivity index (χ2n) is 4.84. The molecule has 0 aliphatic rings. The minimum Gasteiger partial charge on any atom is -0.492 e. The van der Waals surface area contributed by atoms with Crippen molar-refractivity contribution in [2.45, 2.75) is 26.8 Å². The van der Waals surface area contributed by atoms with Crippen LogP contribution < -0.4 is 10.1 Å². The molecule has 2 aromatic rings. The normalized spacial score (nSPS) is 10.3. The monoisotopic (exact) mass is 289 g/mol. The highest BCUT2D eigenvalue weighted by atomic mass is 35.5. The van der Waals surface area contributed by atoms with E-state index >= 15 is 0 Å². The van der Waals surface area contributed by atoms with E-state index in [0.717, 1.165) is 24.4 Å². The van der Waals surface area contributed by atoms with Gasteiger partial charge in [-0.25, -0.2) is 0 Å². The van der Waals surface area contributed by atoms with E-state index < -0.39 is 0 Å². The lowest BCUT2D eigenvalue weighted by Crippen LogP contribution is -2.00. The van der Waals surface area contributed by atoms with Crippen molar-refractivity contribution >= 4 is 17.3 Å². The van der Waals surface area contributed by atoms with E-state index in [0.29, 0.717) is 11.6 Å². The minimum absolute atomic E-state index is 0.646. The fourth-order valence-corrected chi connectivity index (χ4v) is 2.20. The summed E-state index contributed by atoms with van der Waals surface area (Å²) in [6.07, 6.45) is 0.976. The molecule has 0 atom stereocenters. The van der Waals surface area contributed by atoms with Crippen LogP contribution in [0.5, 0.6) is 5.75 Å². The highest BCUT2D eigenvalue weighted by Gasteiger charge is 2.03. The van der Waals surface area contributed by atoms with E-state index in [-0.39, 0.29) is 0 Å². The molecule has 106 valence electrons.